The van der Waals surface area contributed by atoms with Gasteiger partial charge in [0.2, 0.25) is 10.0 Å². The number of hydrogen-bond acceptors (Lipinski definition) is 3. The van der Waals surface area contributed by atoms with E-state index in [2.05, 4.69) is 27.7 Å². The third-order valence-corrected chi connectivity index (χ3v) is 6.48. The smallest absolute Gasteiger partial charge is 0.215 e. The first kappa shape index (κ1) is 16.9. The van der Waals surface area contributed by atoms with Gasteiger partial charge in [-0.25, -0.2) is 12.7 Å². The van der Waals surface area contributed by atoms with E-state index in [0.29, 0.717) is 19.0 Å². The van der Waals surface area contributed by atoms with Crippen molar-refractivity contribution in [3.8, 4) is 0 Å². The molecule has 0 amide bonds. The van der Waals surface area contributed by atoms with E-state index in [0.717, 1.165) is 25.7 Å². The molecule has 1 atom stereocenters. The van der Waals surface area contributed by atoms with Gasteiger partial charge in [-0.1, -0.05) is 40.5 Å². The highest BCUT2D eigenvalue weighted by atomic mass is 32.2. The van der Waals surface area contributed by atoms with Crippen molar-refractivity contribution < 1.29 is 8.42 Å². The van der Waals surface area contributed by atoms with E-state index in [1.165, 1.54) is 0 Å². The zero-order valence-electron chi connectivity index (χ0n) is 12.9. The number of hydrogen-bond donors (Lipinski definition) is 1. The lowest BCUT2D eigenvalue weighted by Crippen LogP contribution is -2.46. The molecule has 1 rings (SSSR count). The van der Waals surface area contributed by atoms with Gasteiger partial charge in [-0.3, -0.25) is 0 Å². The quantitative estimate of drug-likeness (QED) is 0.815. The van der Waals surface area contributed by atoms with Crippen LogP contribution in [-0.4, -0.2) is 37.6 Å². The first-order chi connectivity index (χ1) is 8.72. The van der Waals surface area contributed by atoms with Gasteiger partial charge in [0.05, 0.1) is 5.75 Å². The molecule has 0 aromatic rings. The molecule has 0 spiro atoms. The Balaban J connectivity index is 2.62. The molecule has 1 heterocycles. The predicted octanol–water partition coefficient (Wildman–Crippen LogP) is 2.20. The minimum atomic E-state index is -3.19. The molecule has 114 valence electrons. The summed E-state index contributed by atoms with van der Waals surface area (Å²) in [5.74, 6) is 0.399. The number of nitrogens with two attached hydrogens (primary N) is 1. The second-order valence-corrected chi connectivity index (χ2v) is 8.60. The topological polar surface area (TPSA) is 63.4 Å². The minimum Gasteiger partial charge on any atom is -0.326 e. The number of nitrogens with zero attached hydrogens (tertiary/aromatic N) is 1. The van der Waals surface area contributed by atoms with Crippen LogP contribution in [0.3, 0.4) is 0 Å². The van der Waals surface area contributed by atoms with Crippen LogP contribution in [-0.2, 0) is 10.0 Å². The van der Waals surface area contributed by atoms with Crippen LogP contribution in [0.2, 0.25) is 0 Å². The molecule has 0 radical (unpaired) electrons. The van der Waals surface area contributed by atoms with Gasteiger partial charge in [-0.2, -0.15) is 0 Å². The summed E-state index contributed by atoms with van der Waals surface area (Å²) in [4.78, 5) is 0. The van der Waals surface area contributed by atoms with Crippen LogP contribution in [0.4, 0.5) is 0 Å². The average Bonchev–Trinajstić information content (AvgIpc) is 2.29. The van der Waals surface area contributed by atoms with E-state index in [-0.39, 0.29) is 17.2 Å². The Labute approximate surface area is 118 Å². The fraction of sp³-hybridized carbons (Fsp3) is 1.00. The fourth-order valence-electron chi connectivity index (χ4n) is 2.75. The zero-order chi connectivity index (χ0) is 14.7. The molecule has 0 aliphatic carbocycles. The third kappa shape index (κ3) is 4.72. The molecule has 0 aromatic heterocycles. The molecule has 1 aliphatic rings. The normalized spacial score (nSPS) is 22.6. The van der Waals surface area contributed by atoms with Crippen molar-refractivity contribution >= 4 is 10.0 Å². The van der Waals surface area contributed by atoms with Gasteiger partial charge in [0.15, 0.2) is 0 Å². The maximum absolute atomic E-state index is 12.4. The summed E-state index contributed by atoms with van der Waals surface area (Å²) in [5, 5.41) is 0. The molecule has 5 heteroatoms. The summed E-state index contributed by atoms with van der Waals surface area (Å²) in [6.45, 7) is 9.84. The lowest BCUT2D eigenvalue weighted by atomic mass is 9.83. The highest BCUT2D eigenvalue weighted by Crippen LogP contribution is 2.31. The summed E-state index contributed by atoms with van der Waals surface area (Å²) in [6, 6.07) is -0.241. The second-order valence-electron chi connectivity index (χ2n) is 6.58. The molecule has 4 nitrogen and oxygen atoms in total. The summed E-state index contributed by atoms with van der Waals surface area (Å²) in [5.41, 5.74) is 6.35. The third-order valence-electron chi connectivity index (χ3n) is 4.53. The van der Waals surface area contributed by atoms with Gasteiger partial charge in [0, 0.05) is 19.1 Å². The number of sulfonamides is 1. The molecule has 1 aliphatic heterocycles. The molecule has 1 unspecified atom stereocenters. The van der Waals surface area contributed by atoms with E-state index in [4.69, 9.17) is 5.73 Å². The average molecular weight is 290 g/mol. The summed E-state index contributed by atoms with van der Waals surface area (Å²) in [7, 11) is -3.19. The molecule has 0 saturated carbocycles. The lowest BCUT2D eigenvalue weighted by molar-refractivity contribution is 0.195. The molecule has 1 saturated heterocycles. The van der Waals surface area contributed by atoms with Gasteiger partial charge in [-0.15, -0.1) is 0 Å². The standard InChI is InChI=1S/C14H30N2O2S/c1-5-12(6-2)13(15)11-19(17,18)16-9-7-14(3,4)8-10-16/h12-13H,5-11,15H2,1-4H3. The van der Waals surface area contributed by atoms with Crippen molar-refractivity contribution in [2.45, 2.75) is 59.4 Å². The highest BCUT2D eigenvalue weighted by Gasteiger charge is 2.33. The van der Waals surface area contributed by atoms with Gasteiger partial charge >= 0.3 is 0 Å². The Kier molecular flexibility index (Phi) is 5.83. The molecule has 0 aromatic carbocycles. The van der Waals surface area contributed by atoms with Crippen LogP contribution in [0, 0.1) is 11.3 Å². The Morgan fingerprint density at radius 1 is 1.16 bits per heavy atom. The summed E-state index contributed by atoms with van der Waals surface area (Å²) >= 11 is 0. The van der Waals surface area contributed by atoms with Gasteiger partial charge in [-0.05, 0) is 24.2 Å². The number of rotatable bonds is 6. The summed E-state index contributed by atoms with van der Waals surface area (Å²) in [6.07, 6.45) is 3.76. The van der Waals surface area contributed by atoms with E-state index >= 15 is 0 Å². The Morgan fingerprint density at radius 3 is 2.05 bits per heavy atom. The van der Waals surface area contributed by atoms with Crippen LogP contribution in [0.15, 0.2) is 0 Å². The Hall–Kier alpha value is -0.130. The maximum Gasteiger partial charge on any atom is 0.215 e. The van der Waals surface area contributed by atoms with Crippen molar-refractivity contribution in [2.75, 3.05) is 18.8 Å². The van der Waals surface area contributed by atoms with Gasteiger partial charge in [0.25, 0.3) is 0 Å². The zero-order valence-corrected chi connectivity index (χ0v) is 13.7. The van der Waals surface area contributed by atoms with E-state index in [9.17, 15) is 8.42 Å². The van der Waals surface area contributed by atoms with Crippen LogP contribution >= 0.6 is 0 Å². The molecular formula is C14H30N2O2S. The second kappa shape index (κ2) is 6.55. The maximum atomic E-state index is 12.4. The van der Waals surface area contributed by atoms with Crippen LogP contribution in [0.5, 0.6) is 0 Å². The fourth-order valence-corrected chi connectivity index (χ4v) is 4.46. The van der Waals surface area contributed by atoms with Crippen molar-refractivity contribution in [2.24, 2.45) is 17.1 Å². The SMILES string of the molecule is CCC(CC)C(N)CS(=O)(=O)N1CCC(C)(C)CC1. The van der Waals surface area contributed by atoms with Gasteiger partial charge in [0.1, 0.15) is 0 Å². The number of piperidine rings is 1. The largest absolute Gasteiger partial charge is 0.326 e. The first-order valence-corrected chi connectivity index (χ1v) is 9.06. The van der Waals surface area contributed by atoms with Crippen LogP contribution in [0.1, 0.15) is 53.4 Å². The molecule has 1 fully saturated rings. The van der Waals surface area contributed by atoms with Crippen LogP contribution in [0.25, 0.3) is 0 Å². The minimum absolute atomic E-state index is 0.0970. The van der Waals surface area contributed by atoms with Crippen molar-refractivity contribution in [1.82, 2.24) is 4.31 Å². The molecule has 19 heavy (non-hydrogen) atoms. The lowest BCUT2D eigenvalue weighted by Gasteiger charge is -2.36. The van der Waals surface area contributed by atoms with E-state index < -0.39 is 10.0 Å². The van der Waals surface area contributed by atoms with Crippen molar-refractivity contribution in [3.63, 3.8) is 0 Å². The molecule has 2 N–H and O–H groups in total. The van der Waals surface area contributed by atoms with Crippen molar-refractivity contribution in [3.05, 3.63) is 0 Å². The molecule has 0 bridgehead atoms. The van der Waals surface area contributed by atoms with E-state index in [1.807, 2.05) is 0 Å². The van der Waals surface area contributed by atoms with Gasteiger partial charge < -0.3 is 5.73 Å². The Bertz CT molecular complexity index is 365. The monoisotopic (exact) mass is 290 g/mol. The highest BCUT2D eigenvalue weighted by molar-refractivity contribution is 7.89. The predicted molar refractivity (Wildman–Crippen MR) is 80.4 cm³/mol. The van der Waals surface area contributed by atoms with Crippen LogP contribution < -0.4 is 5.73 Å². The van der Waals surface area contributed by atoms with Crippen molar-refractivity contribution in [1.29, 1.82) is 0 Å². The van der Waals surface area contributed by atoms with E-state index in [1.54, 1.807) is 4.31 Å². The summed E-state index contributed by atoms with van der Waals surface area (Å²) < 4.78 is 26.4. The first-order valence-electron chi connectivity index (χ1n) is 7.45. The Morgan fingerprint density at radius 2 is 1.63 bits per heavy atom. The molecular weight excluding hydrogens is 260 g/mol.